The summed E-state index contributed by atoms with van der Waals surface area (Å²) in [5, 5.41) is 2.64. The van der Waals surface area contributed by atoms with Gasteiger partial charge in [-0.1, -0.05) is 0 Å². The van der Waals surface area contributed by atoms with Crippen LogP contribution in [0.1, 0.15) is 23.8 Å². The molecule has 1 unspecified atom stereocenters. The summed E-state index contributed by atoms with van der Waals surface area (Å²) in [6.45, 7) is 2.47. The number of nitrogens with zero attached hydrogens (tertiary/aromatic N) is 3. The van der Waals surface area contributed by atoms with Crippen LogP contribution in [0.5, 0.6) is 0 Å². The lowest BCUT2D eigenvalue weighted by Crippen LogP contribution is -2.37. The van der Waals surface area contributed by atoms with Gasteiger partial charge in [-0.05, 0) is 37.6 Å². The SMILES string of the molecule is CCN(c1cc(C(=O)Nc2ccc(F)cc2)ncn1)C1CCS(=O)(=O)C1. The van der Waals surface area contributed by atoms with Gasteiger partial charge in [-0.3, -0.25) is 4.79 Å². The molecule has 1 aromatic carbocycles. The van der Waals surface area contributed by atoms with Crippen molar-refractivity contribution in [3.63, 3.8) is 0 Å². The summed E-state index contributed by atoms with van der Waals surface area (Å²) < 4.78 is 36.4. The van der Waals surface area contributed by atoms with E-state index < -0.39 is 21.6 Å². The molecule has 9 heteroatoms. The van der Waals surface area contributed by atoms with Crippen LogP contribution in [0, 0.1) is 5.82 Å². The highest BCUT2D eigenvalue weighted by molar-refractivity contribution is 7.91. The first-order chi connectivity index (χ1) is 12.4. The van der Waals surface area contributed by atoms with Crippen molar-refractivity contribution in [1.29, 1.82) is 0 Å². The predicted octanol–water partition coefficient (Wildman–Crippen LogP) is 1.88. The molecule has 26 heavy (non-hydrogen) atoms. The topological polar surface area (TPSA) is 92.3 Å². The molecule has 1 aliphatic heterocycles. The van der Waals surface area contributed by atoms with Crippen LogP contribution >= 0.6 is 0 Å². The standard InChI is InChI=1S/C17H19FN4O3S/c1-2-22(14-7-8-26(24,25)10-14)16-9-15(19-11-20-16)17(23)21-13-5-3-12(18)4-6-13/h3-6,9,11,14H,2,7-8,10H2,1H3,(H,21,23). The van der Waals surface area contributed by atoms with Crippen molar-refractivity contribution in [2.75, 3.05) is 28.3 Å². The number of rotatable bonds is 5. The number of hydrogen-bond acceptors (Lipinski definition) is 6. The van der Waals surface area contributed by atoms with Crippen molar-refractivity contribution in [3.05, 3.63) is 48.2 Å². The fourth-order valence-corrected chi connectivity index (χ4v) is 4.72. The van der Waals surface area contributed by atoms with Crippen LogP contribution in [0.25, 0.3) is 0 Å². The minimum Gasteiger partial charge on any atom is -0.353 e. The van der Waals surface area contributed by atoms with Gasteiger partial charge < -0.3 is 10.2 Å². The van der Waals surface area contributed by atoms with E-state index in [4.69, 9.17) is 0 Å². The van der Waals surface area contributed by atoms with E-state index in [1.165, 1.54) is 36.7 Å². The smallest absolute Gasteiger partial charge is 0.274 e. The molecular weight excluding hydrogens is 359 g/mol. The van der Waals surface area contributed by atoms with Gasteiger partial charge in [0, 0.05) is 24.3 Å². The summed E-state index contributed by atoms with van der Waals surface area (Å²) in [5.41, 5.74) is 0.601. The van der Waals surface area contributed by atoms with E-state index in [2.05, 4.69) is 15.3 Å². The monoisotopic (exact) mass is 378 g/mol. The van der Waals surface area contributed by atoms with Gasteiger partial charge in [-0.25, -0.2) is 22.8 Å². The molecule has 7 nitrogen and oxygen atoms in total. The quantitative estimate of drug-likeness (QED) is 0.854. The molecule has 1 saturated heterocycles. The molecule has 0 radical (unpaired) electrons. The molecule has 1 amide bonds. The number of carbonyl (C=O) groups is 1. The van der Waals surface area contributed by atoms with Crippen LogP contribution in [-0.4, -0.2) is 48.4 Å². The molecule has 3 rings (SSSR count). The summed E-state index contributed by atoms with van der Waals surface area (Å²) in [6, 6.07) is 6.79. The molecule has 138 valence electrons. The molecule has 2 aromatic rings. The van der Waals surface area contributed by atoms with Crippen LogP contribution in [-0.2, 0) is 9.84 Å². The minimum atomic E-state index is -3.02. The lowest BCUT2D eigenvalue weighted by molar-refractivity contribution is 0.102. The second-order valence-electron chi connectivity index (χ2n) is 6.07. The Kier molecular flexibility index (Phi) is 5.17. The number of halogens is 1. The lowest BCUT2D eigenvalue weighted by atomic mass is 10.2. The summed E-state index contributed by atoms with van der Waals surface area (Å²) >= 11 is 0. The Labute approximate surface area is 151 Å². The molecule has 1 atom stereocenters. The van der Waals surface area contributed by atoms with Gasteiger partial charge in [0.25, 0.3) is 5.91 Å². The van der Waals surface area contributed by atoms with Crippen molar-refractivity contribution in [2.24, 2.45) is 0 Å². The molecular formula is C17H19FN4O3S. The van der Waals surface area contributed by atoms with E-state index in [1.807, 2.05) is 11.8 Å². The molecule has 1 fully saturated rings. The van der Waals surface area contributed by atoms with Gasteiger partial charge in [-0.2, -0.15) is 0 Å². The first kappa shape index (κ1) is 18.2. The van der Waals surface area contributed by atoms with Crippen LogP contribution in [0.2, 0.25) is 0 Å². The Morgan fingerprint density at radius 2 is 2.04 bits per heavy atom. The average molecular weight is 378 g/mol. The molecule has 0 bridgehead atoms. The number of hydrogen-bond donors (Lipinski definition) is 1. The van der Waals surface area contributed by atoms with Crippen LogP contribution in [0.3, 0.4) is 0 Å². The van der Waals surface area contributed by atoms with Crippen molar-refractivity contribution in [3.8, 4) is 0 Å². The van der Waals surface area contributed by atoms with Gasteiger partial charge in [0.1, 0.15) is 23.7 Å². The van der Waals surface area contributed by atoms with E-state index in [1.54, 1.807) is 0 Å². The predicted molar refractivity (Wildman–Crippen MR) is 96.5 cm³/mol. The number of carbonyl (C=O) groups excluding carboxylic acids is 1. The Morgan fingerprint density at radius 3 is 2.65 bits per heavy atom. The largest absolute Gasteiger partial charge is 0.353 e. The highest BCUT2D eigenvalue weighted by Gasteiger charge is 2.32. The molecule has 1 N–H and O–H groups in total. The first-order valence-electron chi connectivity index (χ1n) is 8.24. The maximum Gasteiger partial charge on any atom is 0.274 e. The van der Waals surface area contributed by atoms with Crippen molar-refractivity contribution in [2.45, 2.75) is 19.4 Å². The zero-order valence-corrected chi connectivity index (χ0v) is 15.0. The third-order valence-electron chi connectivity index (χ3n) is 4.27. The number of nitrogens with one attached hydrogen (secondary N) is 1. The van der Waals surface area contributed by atoms with Gasteiger partial charge >= 0.3 is 0 Å². The summed E-state index contributed by atoms with van der Waals surface area (Å²) in [4.78, 5) is 22.4. The average Bonchev–Trinajstić information content (AvgIpc) is 2.97. The number of aromatic nitrogens is 2. The highest BCUT2D eigenvalue weighted by Crippen LogP contribution is 2.23. The molecule has 0 aliphatic carbocycles. The Hall–Kier alpha value is -2.55. The summed E-state index contributed by atoms with van der Waals surface area (Å²) in [5.74, 6) is -0.0827. The normalized spacial score (nSPS) is 18.5. The molecule has 0 spiro atoms. The first-order valence-corrected chi connectivity index (χ1v) is 10.1. The fourth-order valence-electron chi connectivity index (χ4n) is 2.99. The highest BCUT2D eigenvalue weighted by atomic mass is 32.2. The summed E-state index contributed by atoms with van der Waals surface area (Å²) in [7, 11) is -3.02. The zero-order valence-electron chi connectivity index (χ0n) is 14.2. The number of benzene rings is 1. The van der Waals surface area contributed by atoms with Gasteiger partial charge in [0.05, 0.1) is 11.5 Å². The zero-order chi connectivity index (χ0) is 18.7. The van der Waals surface area contributed by atoms with Gasteiger partial charge in [0.15, 0.2) is 9.84 Å². The Morgan fingerprint density at radius 1 is 1.31 bits per heavy atom. The number of amides is 1. The third kappa shape index (κ3) is 4.16. The van der Waals surface area contributed by atoms with Gasteiger partial charge in [-0.15, -0.1) is 0 Å². The second kappa shape index (κ2) is 7.36. The molecule has 1 aromatic heterocycles. The minimum absolute atomic E-state index is 0.0853. The molecule has 2 heterocycles. The maximum absolute atomic E-state index is 12.9. The third-order valence-corrected chi connectivity index (χ3v) is 6.02. The summed E-state index contributed by atoms with van der Waals surface area (Å²) in [6.07, 6.45) is 1.82. The van der Waals surface area contributed by atoms with Crippen molar-refractivity contribution >= 4 is 27.2 Å². The van der Waals surface area contributed by atoms with Crippen molar-refractivity contribution in [1.82, 2.24) is 9.97 Å². The van der Waals surface area contributed by atoms with E-state index in [0.717, 1.165) is 0 Å². The fraction of sp³-hybridized carbons (Fsp3) is 0.353. The van der Waals surface area contributed by atoms with Crippen LogP contribution in [0.4, 0.5) is 15.9 Å². The second-order valence-corrected chi connectivity index (χ2v) is 8.29. The lowest BCUT2D eigenvalue weighted by Gasteiger charge is -2.27. The van der Waals surface area contributed by atoms with E-state index in [0.29, 0.717) is 24.5 Å². The van der Waals surface area contributed by atoms with Crippen LogP contribution < -0.4 is 10.2 Å². The number of sulfone groups is 1. The molecule has 0 saturated carbocycles. The van der Waals surface area contributed by atoms with E-state index in [9.17, 15) is 17.6 Å². The maximum atomic E-state index is 12.9. The van der Waals surface area contributed by atoms with Crippen molar-refractivity contribution < 1.29 is 17.6 Å². The van der Waals surface area contributed by atoms with E-state index >= 15 is 0 Å². The molecule has 1 aliphatic rings. The van der Waals surface area contributed by atoms with E-state index in [-0.39, 0.29) is 23.2 Å². The Bertz CT molecular complexity index is 902. The van der Waals surface area contributed by atoms with Gasteiger partial charge in [0.2, 0.25) is 0 Å². The number of anilines is 2. The van der Waals surface area contributed by atoms with Crippen LogP contribution in [0.15, 0.2) is 36.7 Å². The Balaban J connectivity index is 1.78.